The molecule has 110 valence electrons. The standard InChI is InChI=1S/C15H16N2O4/c1-2-21-15(20)17-7-6-11-10(8-17)13-9(14(18)19)4-3-5-12(13)16-11/h3-5,16H,2,6-8H2,1H3,(H,18,19). The van der Waals surface area contributed by atoms with Gasteiger partial charge in [0.1, 0.15) is 0 Å². The average Bonchev–Trinajstić information content (AvgIpc) is 2.84. The van der Waals surface area contributed by atoms with Gasteiger partial charge in [0.05, 0.1) is 18.7 Å². The number of rotatable bonds is 2. The Labute approximate surface area is 121 Å². The van der Waals surface area contributed by atoms with Crippen LogP contribution >= 0.6 is 0 Å². The van der Waals surface area contributed by atoms with E-state index in [0.29, 0.717) is 31.5 Å². The predicted octanol–water partition coefficient (Wildman–Crippen LogP) is 2.38. The summed E-state index contributed by atoms with van der Waals surface area (Å²) in [5.41, 5.74) is 2.93. The number of ether oxygens (including phenoxy) is 1. The summed E-state index contributed by atoms with van der Waals surface area (Å²) in [5.74, 6) is -0.962. The third-order valence-corrected chi connectivity index (χ3v) is 3.75. The largest absolute Gasteiger partial charge is 0.478 e. The highest BCUT2D eigenvalue weighted by Gasteiger charge is 2.26. The van der Waals surface area contributed by atoms with Crippen LogP contribution in [-0.4, -0.2) is 40.2 Å². The van der Waals surface area contributed by atoms with Gasteiger partial charge in [-0.3, -0.25) is 0 Å². The number of hydrogen-bond donors (Lipinski definition) is 2. The van der Waals surface area contributed by atoms with Gasteiger partial charge in [0.25, 0.3) is 0 Å². The maximum atomic E-state index is 11.9. The highest BCUT2D eigenvalue weighted by Crippen LogP contribution is 2.30. The molecule has 1 amide bonds. The number of fused-ring (bicyclic) bond motifs is 3. The summed E-state index contributed by atoms with van der Waals surface area (Å²) in [6.45, 7) is 3.04. The molecule has 3 rings (SSSR count). The van der Waals surface area contributed by atoms with Crippen molar-refractivity contribution in [3.05, 3.63) is 35.0 Å². The molecule has 6 heteroatoms. The van der Waals surface area contributed by atoms with Crippen LogP contribution in [-0.2, 0) is 17.7 Å². The van der Waals surface area contributed by atoms with Crippen LogP contribution in [0.2, 0.25) is 0 Å². The molecular formula is C15H16N2O4. The number of benzene rings is 1. The topological polar surface area (TPSA) is 82.6 Å². The van der Waals surface area contributed by atoms with Crippen molar-refractivity contribution >= 4 is 23.0 Å². The minimum absolute atomic E-state index is 0.260. The van der Waals surface area contributed by atoms with Gasteiger partial charge in [-0.2, -0.15) is 0 Å². The molecule has 6 nitrogen and oxygen atoms in total. The van der Waals surface area contributed by atoms with E-state index in [1.165, 1.54) is 0 Å². The van der Waals surface area contributed by atoms with Crippen molar-refractivity contribution in [1.82, 2.24) is 9.88 Å². The number of aromatic amines is 1. The van der Waals surface area contributed by atoms with Crippen molar-refractivity contribution < 1.29 is 19.4 Å². The second-order valence-corrected chi connectivity index (χ2v) is 4.99. The molecule has 0 spiro atoms. The number of carboxylic acids is 1. The smallest absolute Gasteiger partial charge is 0.410 e. The zero-order valence-electron chi connectivity index (χ0n) is 11.7. The molecule has 0 radical (unpaired) electrons. The Morgan fingerprint density at radius 3 is 2.95 bits per heavy atom. The number of hydrogen-bond acceptors (Lipinski definition) is 3. The lowest BCUT2D eigenvalue weighted by molar-refractivity contribution is 0.0699. The lowest BCUT2D eigenvalue weighted by Crippen LogP contribution is -2.36. The molecule has 0 bridgehead atoms. The molecule has 0 aliphatic carbocycles. The van der Waals surface area contributed by atoms with Crippen molar-refractivity contribution in [2.45, 2.75) is 19.9 Å². The highest BCUT2D eigenvalue weighted by atomic mass is 16.6. The Balaban J connectivity index is 2.06. The lowest BCUT2D eigenvalue weighted by Gasteiger charge is -2.26. The fourth-order valence-electron chi connectivity index (χ4n) is 2.82. The van der Waals surface area contributed by atoms with E-state index in [1.807, 2.05) is 6.07 Å². The second-order valence-electron chi connectivity index (χ2n) is 4.99. The quantitative estimate of drug-likeness (QED) is 0.888. The first-order valence-corrected chi connectivity index (χ1v) is 6.89. The Bertz CT molecular complexity index is 720. The van der Waals surface area contributed by atoms with E-state index in [9.17, 15) is 14.7 Å². The van der Waals surface area contributed by atoms with E-state index in [4.69, 9.17) is 4.74 Å². The monoisotopic (exact) mass is 288 g/mol. The van der Waals surface area contributed by atoms with Crippen LogP contribution in [0.1, 0.15) is 28.5 Å². The van der Waals surface area contributed by atoms with Gasteiger partial charge in [-0.15, -0.1) is 0 Å². The number of nitrogens with one attached hydrogen (secondary N) is 1. The summed E-state index contributed by atoms with van der Waals surface area (Å²) in [6, 6.07) is 5.16. The van der Waals surface area contributed by atoms with Gasteiger partial charge in [-0.25, -0.2) is 9.59 Å². The zero-order chi connectivity index (χ0) is 15.0. The van der Waals surface area contributed by atoms with E-state index < -0.39 is 5.97 Å². The molecule has 2 heterocycles. The van der Waals surface area contributed by atoms with Crippen LogP contribution in [0.3, 0.4) is 0 Å². The third kappa shape index (κ3) is 2.22. The molecule has 0 unspecified atom stereocenters. The van der Waals surface area contributed by atoms with E-state index >= 15 is 0 Å². The number of carbonyl (C=O) groups is 2. The minimum atomic E-state index is -0.962. The number of H-pyrrole nitrogens is 1. The minimum Gasteiger partial charge on any atom is -0.478 e. The fraction of sp³-hybridized carbons (Fsp3) is 0.333. The van der Waals surface area contributed by atoms with Crippen LogP contribution < -0.4 is 0 Å². The number of aromatic carboxylic acids is 1. The first-order chi connectivity index (χ1) is 10.1. The summed E-state index contributed by atoms with van der Waals surface area (Å²) in [4.78, 5) is 28.1. The van der Waals surface area contributed by atoms with Gasteiger partial charge in [-0.1, -0.05) is 6.07 Å². The van der Waals surface area contributed by atoms with Gasteiger partial charge in [0.2, 0.25) is 0 Å². The summed E-state index contributed by atoms with van der Waals surface area (Å²) >= 11 is 0. The summed E-state index contributed by atoms with van der Waals surface area (Å²) in [6.07, 6.45) is 0.312. The molecule has 2 N–H and O–H groups in total. The van der Waals surface area contributed by atoms with Crippen LogP contribution in [0, 0.1) is 0 Å². The lowest BCUT2D eigenvalue weighted by atomic mass is 10.0. The molecule has 0 saturated heterocycles. The molecule has 0 saturated carbocycles. The van der Waals surface area contributed by atoms with Crippen molar-refractivity contribution in [2.75, 3.05) is 13.2 Å². The van der Waals surface area contributed by atoms with Gasteiger partial charge >= 0.3 is 12.1 Å². The molecule has 1 aromatic carbocycles. The molecule has 1 aliphatic heterocycles. The molecular weight excluding hydrogens is 272 g/mol. The average molecular weight is 288 g/mol. The molecule has 2 aromatic rings. The van der Waals surface area contributed by atoms with Crippen molar-refractivity contribution in [3.63, 3.8) is 0 Å². The number of amides is 1. The van der Waals surface area contributed by atoms with Crippen LogP contribution in [0.15, 0.2) is 18.2 Å². The summed E-state index contributed by atoms with van der Waals surface area (Å²) < 4.78 is 5.02. The van der Waals surface area contributed by atoms with Crippen molar-refractivity contribution in [3.8, 4) is 0 Å². The molecule has 1 aliphatic rings. The maximum absolute atomic E-state index is 11.9. The predicted molar refractivity (Wildman–Crippen MR) is 76.4 cm³/mol. The Kier molecular flexibility index (Phi) is 3.29. The molecule has 0 atom stereocenters. The molecule has 21 heavy (non-hydrogen) atoms. The van der Waals surface area contributed by atoms with E-state index in [1.54, 1.807) is 24.0 Å². The molecule has 0 fully saturated rings. The van der Waals surface area contributed by atoms with E-state index in [-0.39, 0.29) is 11.7 Å². The summed E-state index contributed by atoms with van der Waals surface area (Å²) in [7, 11) is 0. The maximum Gasteiger partial charge on any atom is 0.410 e. The van der Waals surface area contributed by atoms with Crippen LogP contribution in [0.25, 0.3) is 10.9 Å². The van der Waals surface area contributed by atoms with Gasteiger partial charge in [-0.05, 0) is 19.1 Å². The normalized spacial score (nSPS) is 14.0. The highest BCUT2D eigenvalue weighted by molar-refractivity contribution is 6.05. The SMILES string of the molecule is CCOC(=O)N1CCc2[nH]c3cccc(C(=O)O)c3c2C1. The molecule has 1 aromatic heterocycles. The Hall–Kier alpha value is -2.50. The van der Waals surface area contributed by atoms with Crippen molar-refractivity contribution in [1.29, 1.82) is 0 Å². The third-order valence-electron chi connectivity index (χ3n) is 3.75. The van der Waals surface area contributed by atoms with E-state index in [0.717, 1.165) is 16.8 Å². The van der Waals surface area contributed by atoms with Crippen LogP contribution in [0.4, 0.5) is 4.79 Å². The van der Waals surface area contributed by atoms with Crippen molar-refractivity contribution in [2.24, 2.45) is 0 Å². The number of carbonyl (C=O) groups excluding carboxylic acids is 1. The number of carboxylic acid groups (broad SMARTS) is 1. The van der Waals surface area contributed by atoms with Gasteiger partial charge in [0.15, 0.2) is 0 Å². The van der Waals surface area contributed by atoms with E-state index in [2.05, 4.69) is 4.98 Å². The fourth-order valence-corrected chi connectivity index (χ4v) is 2.82. The first-order valence-electron chi connectivity index (χ1n) is 6.89. The van der Waals surface area contributed by atoms with Gasteiger partial charge < -0.3 is 19.7 Å². The van der Waals surface area contributed by atoms with Crippen LogP contribution in [0.5, 0.6) is 0 Å². The Morgan fingerprint density at radius 1 is 1.43 bits per heavy atom. The zero-order valence-corrected chi connectivity index (χ0v) is 11.7. The number of aromatic nitrogens is 1. The first kappa shape index (κ1) is 13.5. The number of nitrogens with zero attached hydrogens (tertiary/aromatic N) is 1. The second kappa shape index (κ2) is 5.12. The van der Waals surface area contributed by atoms with Gasteiger partial charge in [0, 0.05) is 35.1 Å². The summed E-state index contributed by atoms with van der Waals surface area (Å²) in [5, 5.41) is 10.0. The Morgan fingerprint density at radius 2 is 2.24 bits per heavy atom.